The molecule has 0 spiro atoms. The van der Waals surface area contributed by atoms with Crippen molar-refractivity contribution >= 4 is 9.05 Å². The molecule has 0 aromatic heterocycles. The van der Waals surface area contributed by atoms with Gasteiger partial charge in [-0.25, -0.2) is 0 Å². The summed E-state index contributed by atoms with van der Waals surface area (Å²) in [7, 11) is -3.24. The Morgan fingerprint density at radius 3 is 1.44 bits per heavy atom. The van der Waals surface area contributed by atoms with Gasteiger partial charge in [0.25, 0.3) is 0 Å². The Bertz CT molecular complexity index is 272. The van der Waals surface area contributed by atoms with Crippen LogP contribution in [0, 0.1) is 0 Å². The second-order valence-corrected chi connectivity index (χ2v) is 5.10. The van der Waals surface area contributed by atoms with Gasteiger partial charge in [-0.1, -0.05) is 31.2 Å². The maximum absolute atomic E-state index is 5.51. The fourth-order valence-corrected chi connectivity index (χ4v) is 2.35. The molecule has 5 heteroatoms. The minimum absolute atomic E-state index is 0.862. The Morgan fingerprint density at radius 1 is 0.722 bits per heavy atom. The Labute approximate surface area is 111 Å². The maximum Gasteiger partial charge on any atom is 0.964 e. The fourth-order valence-electron chi connectivity index (χ4n) is 0.848. The van der Waals surface area contributed by atoms with Crippen LogP contribution in [0.5, 0.6) is 0 Å². The summed E-state index contributed by atoms with van der Waals surface area (Å²) in [6.07, 6.45) is 14.0. The van der Waals surface area contributed by atoms with Crippen LogP contribution < -0.4 is 0 Å². The van der Waals surface area contributed by atoms with E-state index in [9.17, 15) is 0 Å². The highest BCUT2D eigenvalue weighted by molar-refractivity contribution is 6.54. The van der Waals surface area contributed by atoms with E-state index in [1.165, 1.54) is 18.8 Å². The van der Waals surface area contributed by atoms with Gasteiger partial charge in [0.05, 0.1) is 25.0 Å². The number of hydrogen-bond donors (Lipinski definition) is 0. The molecule has 0 radical (unpaired) electrons. The average molecular weight is 270 g/mol. The second kappa shape index (κ2) is 10.5. The molecule has 0 fully saturated rings. The van der Waals surface area contributed by atoms with E-state index in [0.717, 1.165) is 6.42 Å². The van der Waals surface area contributed by atoms with Gasteiger partial charge in [0.1, 0.15) is 0 Å². The van der Waals surface area contributed by atoms with Crippen molar-refractivity contribution in [1.82, 2.24) is 0 Å². The lowest BCUT2D eigenvalue weighted by Crippen LogP contribution is -2.44. The molecule has 0 aromatic carbocycles. The minimum Gasteiger partial charge on any atom is -0.459 e. The summed E-state index contributed by atoms with van der Waals surface area (Å²) in [5, 5.41) is 0. The highest BCUT2D eigenvalue weighted by Gasteiger charge is 2.54. The van der Waals surface area contributed by atoms with Gasteiger partial charge >= 0.3 is 9.05 Å². The van der Waals surface area contributed by atoms with Crippen molar-refractivity contribution in [3.05, 3.63) is 49.4 Å². The van der Waals surface area contributed by atoms with E-state index in [1.807, 2.05) is 33.8 Å². The van der Waals surface area contributed by atoms with E-state index >= 15 is 0 Å². The second-order valence-electron chi connectivity index (χ2n) is 3.16. The summed E-state index contributed by atoms with van der Waals surface area (Å²) in [6, 6.07) is 0. The predicted molar refractivity (Wildman–Crippen MR) is 74.0 cm³/mol. The molecule has 0 aromatic rings. The normalized spacial score (nSPS) is 15.6. The van der Waals surface area contributed by atoms with Gasteiger partial charge < -0.3 is 17.7 Å². The van der Waals surface area contributed by atoms with Crippen LogP contribution >= 0.6 is 0 Å². The number of allylic oxidation sites excluding steroid dienone is 4. The van der Waals surface area contributed by atoms with Crippen LogP contribution in [0.15, 0.2) is 49.4 Å². The van der Waals surface area contributed by atoms with Crippen LogP contribution in [-0.2, 0) is 17.7 Å². The van der Waals surface area contributed by atoms with Crippen molar-refractivity contribution in [3.8, 4) is 0 Å². The Morgan fingerprint density at radius 2 is 1.11 bits per heavy atom. The van der Waals surface area contributed by atoms with Crippen LogP contribution in [0.4, 0.5) is 0 Å². The van der Waals surface area contributed by atoms with Crippen molar-refractivity contribution in [2.75, 3.05) is 0 Å². The molecule has 0 unspecified atom stereocenters. The maximum atomic E-state index is 5.51. The fraction of sp³-hybridized carbons (Fsp3) is 0.385. The molecule has 102 valence electrons. The molecule has 0 bridgehead atoms. The van der Waals surface area contributed by atoms with E-state index in [2.05, 4.69) is 0 Å². The zero-order valence-electron chi connectivity index (χ0n) is 11.5. The first-order valence-corrected chi connectivity index (χ1v) is 7.57. The highest BCUT2D eigenvalue weighted by atomic mass is 28.4. The molecular formula is C13H22O4Si. The summed E-state index contributed by atoms with van der Waals surface area (Å²) in [4.78, 5) is 0. The van der Waals surface area contributed by atoms with Crippen molar-refractivity contribution in [1.29, 1.82) is 0 Å². The van der Waals surface area contributed by atoms with Crippen LogP contribution in [0.25, 0.3) is 0 Å². The van der Waals surface area contributed by atoms with Gasteiger partial charge in [-0.15, -0.1) is 0 Å². The standard InChI is InChI=1S/C13H22O4Si/c1-5-9-13-17-18(14-10-6-2,15-11-7-3)16-12-8-4/h6-13H,5H2,1-4H3. The zero-order valence-corrected chi connectivity index (χ0v) is 12.5. The third-order valence-corrected chi connectivity index (χ3v) is 3.29. The third-order valence-electron chi connectivity index (χ3n) is 1.59. The first kappa shape index (κ1) is 16.4. The van der Waals surface area contributed by atoms with Crippen LogP contribution in [0.1, 0.15) is 34.1 Å². The SMILES string of the molecule is CC=CO[Si](OC=CC)(OC=CC)OC=CCC. The summed E-state index contributed by atoms with van der Waals surface area (Å²) >= 11 is 0. The van der Waals surface area contributed by atoms with Gasteiger partial charge in [0.2, 0.25) is 0 Å². The van der Waals surface area contributed by atoms with E-state index in [4.69, 9.17) is 17.7 Å². The number of hydrogen-bond acceptors (Lipinski definition) is 4. The topological polar surface area (TPSA) is 36.9 Å². The summed E-state index contributed by atoms with van der Waals surface area (Å²) < 4.78 is 21.9. The molecule has 18 heavy (non-hydrogen) atoms. The van der Waals surface area contributed by atoms with Gasteiger partial charge in [-0.05, 0) is 27.2 Å². The first-order chi connectivity index (χ1) is 8.74. The van der Waals surface area contributed by atoms with Crippen molar-refractivity contribution in [2.24, 2.45) is 0 Å². The van der Waals surface area contributed by atoms with Crippen LogP contribution in [0.2, 0.25) is 0 Å². The molecule has 0 saturated heterocycles. The smallest absolute Gasteiger partial charge is 0.459 e. The predicted octanol–water partition coefficient (Wildman–Crippen LogP) is 4.01. The summed E-state index contributed by atoms with van der Waals surface area (Å²) in [5.74, 6) is 0. The third kappa shape index (κ3) is 6.85. The average Bonchev–Trinajstić information content (AvgIpc) is 2.40. The lowest BCUT2D eigenvalue weighted by molar-refractivity contribution is 0.0767. The van der Waals surface area contributed by atoms with Gasteiger partial charge in [0.15, 0.2) is 0 Å². The molecule has 0 aliphatic heterocycles. The molecule has 0 N–H and O–H groups in total. The van der Waals surface area contributed by atoms with E-state index in [0.29, 0.717) is 0 Å². The molecule has 0 aliphatic carbocycles. The van der Waals surface area contributed by atoms with Crippen LogP contribution in [0.3, 0.4) is 0 Å². The van der Waals surface area contributed by atoms with Crippen LogP contribution in [-0.4, -0.2) is 9.05 Å². The summed E-state index contributed by atoms with van der Waals surface area (Å²) in [6.45, 7) is 7.53. The molecule has 0 saturated carbocycles. The Kier molecular flexibility index (Phi) is 9.58. The molecule has 0 aliphatic rings. The zero-order chi connectivity index (χ0) is 13.7. The van der Waals surface area contributed by atoms with Gasteiger partial charge in [0, 0.05) is 0 Å². The molecule has 0 atom stereocenters. The summed E-state index contributed by atoms with van der Waals surface area (Å²) in [5.41, 5.74) is 0. The molecule has 0 rings (SSSR count). The van der Waals surface area contributed by atoms with E-state index in [-0.39, 0.29) is 0 Å². The van der Waals surface area contributed by atoms with E-state index in [1.54, 1.807) is 24.5 Å². The lowest BCUT2D eigenvalue weighted by Gasteiger charge is -2.22. The molecular weight excluding hydrogens is 248 g/mol. The van der Waals surface area contributed by atoms with Gasteiger partial charge in [-0.3, -0.25) is 0 Å². The molecule has 0 heterocycles. The lowest BCUT2D eigenvalue weighted by atomic mass is 10.5. The first-order valence-electron chi connectivity index (χ1n) is 5.94. The van der Waals surface area contributed by atoms with Gasteiger partial charge in [-0.2, -0.15) is 0 Å². The molecule has 4 nitrogen and oxygen atoms in total. The minimum atomic E-state index is -3.24. The van der Waals surface area contributed by atoms with Crippen molar-refractivity contribution < 1.29 is 17.7 Å². The van der Waals surface area contributed by atoms with E-state index < -0.39 is 9.05 Å². The monoisotopic (exact) mass is 270 g/mol. The quantitative estimate of drug-likeness (QED) is 0.468. The number of rotatable bonds is 9. The highest BCUT2D eigenvalue weighted by Crippen LogP contribution is 2.14. The molecule has 0 amide bonds. The Balaban J connectivity index is 4.89. The van der Waals surface area contributed by atoms with Crippen molar-refractivity contribution in [3.63, 3.8) is 0 Å². The largest absolute Gasteiger partial charge is 0.964 e. The Hall–Kier alpha value is -1.62. The van der Waals surface area contributed by atoms with Crippen molar-refractivity contribution in [2.45, 2.75) is 34.1 Å².